The van der Waals surface area contributed by atoms with E-state index in [1.807, 2.05) is 0 Å². The Morgan fingerprint density at radius 1 is 0.463 bits per heavy atom. The lowest BCUT2D eigenvalue weighted by Gasteiger charge is -2.21. The fourth-order valence-corrected chi connectivity index (χ4v) is 6.80. The Hall–Kier alpha value is -2.86. The van der Waals surface area contributed by atoms with Crippen LogP contribution >= 0.6 is 0 Å². The average molecular weight is 589 g/mol. The molecule has 0 amide bonds. The molecule has 0 aromatic heterocycles. The van der Waals surface area contributed by atoms with Crippen LogP contribution in [0.2, 0.25) is 0 Å². The first-order valence-electron chi connectivity index (χ1n) is 13.9. The molecule has 4 aromatic rings. The number of benzene rings is 4. The highest BCUT2D eigenvalue weighted by molar-refractivity contribution is 7.97. The lowest BCUT2D eigenvalue weighted by Crippen LogP contribution is -2.13. The van der Waals surface area contributed by atoms with Crippen molar-refractivity contribution in [2.75, 3.05) is 0 Å². The van der Waals surface area contributed by atoms with E-state index in [9.17, 15) is 13.0 Å². The molecule has 0 bridgehead atoms. The predicted octanol–water partition coefficient (Wildman–Crippen LogP) is 9.27. The third kappa shape index (κ3) is 9.06. The highest BCUT2D eigenvalue weighted by Gasteiger charge is 2.30. The Bertz CT molecular complexity index is 1360. The van der Waals surface area contributed by atoms with Gasteiger partial charge >= 0.3 is 0 Å². The van der Waals surface area contributed by atoms with Gasteiger partial charge in [0.05, 0.1) is 15.8 Å². The zero-order valence-corrected chi connectivity index (χ0v) is 27.5. The number of rotatable bonds is 4. The Morgan fingerprint density at radius 2 is 0.732 bits per heavy atom. The van der Waals surface area contributed by atoms with Gasteiger partial charge in [-0.3, -0.25) is 0 Å². The van der Waals surface area contributed by atoms with Crippen molar-refractivity contribution >= 4 is 21.0 Å². The minimum absolute atomic E-state index is 0.120. The van der Waals surface area contributed by atoms with Crippen molar-refractivity contribution in [2.24, 2.45) is 0 Å². The molecule has 4 rings (SSSR count). The SMILES string of the molecule is CC(C)(C)c1ccc([S+](c2ccc(C(C)(C)C)cc2)c2ccc(C(C)(C)C)cc2)cc1.O=S(=O)([O-])c1ccccc1. The summed E-state index contributed by atoms with van der Waals surface area (Å²) in [6, 6.07) is 35.0. The molecular formula is C36H44O3S2. The Kier molecular flexibility index (Phi) is 10.0. The second kappa shape index (κ2) is 12.6. The first-order chi connectivity index (χ1) is 18.9. The summed E-state index contributed by atoms with van der Waals surface area (Å²) in [5.74, 6) is 0. The zero-order chi connectivity index (χ0) is 30.6. The van der Waals surface area contributed by atoms with Crippen molar-refractivity contribution in [3.05, 3.63) is 120 Å². The third-order valence-electron chi connectivity index (χ3n) is 6.90. The maximum atomic E-state index is 10.3. The topological polar surface area (TPSA) is 57.2 Å². The molecule has 218 valence electrons. The van der Waals surface area contributed by atoms with Gasteiger partial charge in [-0.15, -0.1) is 0 Å². The van der Waals surface area contributed by atoms with Crippen molar-refractivity contribution < 1.29 is 13.0 Å². The summed E-state index contributed by atoms with van der Waals surface area (Å²) in [6.07, 6.45) is 0. The predicted molar refractivity (Wildman–Crippen MR) is 172 cm³/mol. The largest absolute Gasteiger partial charge is 0.744 e. The molecule has 0 atom stereocenters. The minimum Gasteiger partial charge on any atom is -0.744 e. The van der Waals surface area contributed by atoms with E-state index < -0.39 is 10.1 Å². The molecule has 3 nitrogen and oxygen atoms in total. The molecule has 0 saturated carbocycles. The summed E-state index contributed by atoms with van der Waals surface area (Å²) < 4.78 is 30.8. The molecule has 0 aliphatic heterocycles. The molecule has 0 spiro atoms. The molecule has 0 unspecified atom stereocenters. The maximum absolute atomic E-state index is 10.3. The molecule has 0 aliphatic carbocycles. The number of hydrogen-bond donors (Lipinski definition) is 0. The van der Waals surface area contributed by atoms with Gasteiger partial charge < -0.3 is 4.55 Å². The van der Waals surface area contributed by atoms with Gasteiger partial charge in [0.2, 0.25) is 0 Å². The summed E-state index contributed by atoms with van der Waals surface area (Å²) in [5.41, 5.74) is 4.64. The van der Waals surface area contributed by atoms with E-state index in [0.29, 0.717) is 0 Å². The highest BCUT2D eigenvalue weighted by Crippen LogP contribution is 2.35. The first-order valence-corrected chi connectivity index (χ1v) is 16.6. The second-order valence-corrected chi connectivity index (χ2v) is 16.8. The standard InChI is InChI=1S/C30H39S.C6H6O3S/c1-28(2,3)22-10-16-25(17-11-22)31(26-18-12-23(13-19-26)29(4,5)6)27-20-14-24(15-21-27)30(7,8)9;7-10(8,9)6-4-2-1-3-5-6/h10-21H,1-9H3;1-5H,(H,7,8,9)/q+1;/p-1. The molecule has 0 heterocycles. The molecule has 0 fully saturated rings. The quantitative estimate of drug-likeness (QED) is 0.176. The van der Waals surface area contributed by atoms with E-state index in [4.69, 9.17) is 0 Å². The summed E-state index contributed by atoms with van der Waals surface area (Å²) >= 11 is 0. The van der Waals surface area contributed by atoms with Gasteiger partial charge in [-0.05, 0) is 81.5 Å². The van der Waals surface area contributed by atoms with Crippen molar-refractivity contribution in [1.82, 2.24) is 0 Å². The molecule has 5 heteroatoms. The summed E-state index contributed by atoms with van der Waals surface area (Å²) in [6.45, 7) is 20.5. The fourth-order valence-electron chi connectivity index (χ4n) is 4.27. The van der Waals surface area contributed by atoms with E-state index in [2.05, 4.69) is 135 Å². The Balaban J connectivity index is 0.000000389. The summed E-state index contributed by atoms with van der Waals surface area (Å²) in [7, 11) is -4.37. The van der Waals surface area contributed by atoms with Crippen molar-refractivity contribution in [1.29, 1.82) is 0 Å². The van der Waals surface area contributed by atoms with E-state index >= 15 is 0 Å². The molecular weight excluding hydrogens is 545 g/mol. The van der Waals surface area contributed by atoms with Crippen LogP contribution in [0.3, 0.4) is 0 Å². The second-order valence-electron chi connectivity index (χ2n) is 13.4. The molecule has 0 saturated heterocycles. The smallest absolute Gasteiger partial charge is 0.166 e. The van der Waals surface area contributed by atoms with Gasteiger partial charge in [-0.2, -0.15) is 0 Å². The van der Waals surface area contributed by atoms with E-state index in [-0.39, 0.29) is 32.0 Å². The van der Waals surface area contributed by atoms with Crippen LogP contribution in [0.4, 0.5) is 0 Å². The fraction of sp³-hybridized carbons (Fsp3) is 0.333. The number of hydrogen-bond acceptors (Lipinski definition) is 3. The van der Waals surface area contributed by atoms with Crippen molar-refractivity contribution in [2.45, 2.75) is 98.1 Å². The van der Waals surface area contributed by atoms with Crippen LogP contribution in [0, 0.1) is 0 Å². The van der Waals surface area contributed by atoms with Gasteiger partial charge in [0.1, 0.15) is 10.1 Å². The van der Waals surface area contributed by atoms with Crippen LogP contribution in [-0.2, 0) is 37.3 Å². The molecule has 0 radical (unpaired) electrons. The molecule has 0 N–H and O–H groups in total. The summed E-state index contributed by atoms with van der Waals surface area (Å²) in [4.78, 5) is 3.94. The van der Waals surface area contributed by atoms with Crippen LogP contribution in [0.5, 0.6) is 0 Å². The minimum atomic E-state index is -4.25. The lowest BCUT2D eigenvalue weighted by molar-refractivity contribution is 0.463. The van der Waals surface area contributed by atoms with Crippen LogP contribution in [0.25, 0.3) is 0 Å². The van der Waals surface area contributed by atoms with Crippen LogP contribution in [0.15, 0.2) is 123 Å². The average Bonchev–Trinajstić information content (AvgIpc) is 2.89. The summed E-state index contributed by atoms with van der Waals surface area (Å²) in [5, 5.41) is 0. The third-order valence-corrected chi connectivity index (χ3v) is 9.98. The Morgan fingerprint density at radius 3 is 0.927 bits per heavy atom. The molecule has 4 aromatic carbocycles. The van der Waals surface area contributed by atoms with Crippen LogP contribution < -0.4 is 0 Å². The van der Waals surface area contributed by atoms with Gasteiger partial charge in [-0.25, -0.2) is 8.42 Å². The zero-order valence-electron chi connectivity index (χ0n) is 25.9. The van der Waals surface area contributed by atoms with Gasteiger partial charge in [0.25, 0.3) is 0 Å². The molecule has 0 aliphatic rings. The first kappa shape index (κ1) is 32.7. The van der Waals surface area contributed by atoms with E-state index in [0.717, 1.165) is 0 Å². The van der Waals surface area contributed by atoms with E-state index in [1.54, 1.807) is 6.07 Å². The van der Waals surface area contributed by atoms with Crippen LogP contribution in [-0.4, -0.2) is 13.0 Å². The van der Waals surface area contributed by atoms with Crippen molar-refractivity contribution in [3.8, 4) is 0 Å². The van der Waals surface area contributed by atoms with E-state index in [1.165, 1.54) is 55.6 Å². The van der Waals surface area contributed by atoms with Crippen LogP contribution in [0.1, 0.15) is 79.0 Å². The normalized spacial score (nSPS) is 12.6. The van der Waals surface area contributed by atoms with Crippen molar-refractivity contribution in [3.63, 3.8) is 0 Å². The molecule has 41 heavy (non-hydrogen) atoms. The van der Waals surface area contributed by atoms with Gasteiger partial charge in [0.15, 0.2) is 14.7 Å². The maximum Gasteiger partial charge on any atom is 0.166 e. The monoisotopic (exact) mass is 588 g/mol. The van der Waals surface area contributed by atoms with Gasteiger partial charge in [-0.1, -0.05) is 117 Å². The lowest BCUT2D eigenvalue weighted by atomic mass is 9.87. The Labute approximate surface area is 251 Å². The van der Waals surface area contributed by atoms with Gasteiger partial charge in [0, 0.05) is 0 Å². The highest BCUT2D eigenvalue weighted by atomic mass is 32.2.